The number of sulfone groups is 1. The molecule has 0 aliphatic rings. The van der Waals surface area contributed by atoms with Crippen molar-refractivity contribution >= 4 is 27.3 Å². The highest BCUT2D eigenvalue weighted by Gasteiger charge is 2.32. The van der Waals surface area contributed by atoms with Crippen LogP contribution < -0.4 is 5.32 Å². The Morgan fingerprint density at radius 3 is 2.33 bits per heavy atom. The van der Waals surface area contributed by atoms with E-state index in [2.05, 4.69) is 5.32 Å². The highest BCUT2D eigenvalue weighted by Crippen LogP contribution is 2.29. The van der Waals surface area contributed by atoms with Gasteiger partial charge in [0.1, 0.15) is 11.0 Å². The Hall–Kier alpha value is -2.57. The van der Waals surface area contributed by atoms with Crippen molar-refractivity contribution in [2.45, 2.75) is 17.1 Å². The maximum absolute atomic E-state index is 13.1. The predicted octanol–water partition coefficient (Wildman–Crippen LogP) is 4.19. The molecule has 1 aromatic heterocycles. The normalized spacial score (nSPS) is 12.5. The van der Waals surface area contributed by atoms with Crippen molar-refractivity contribution in [3.8, 4) is 0 Å². The van der Waals surface area contributed by atoms with Gasteiger partial charge < -0.3 is 9.73 Å². The van der Waals surface area contributed by atoms with Gasteiger partial charge in [-0.1, -0.05) is 29.3 Å². The number of carbonyl (C=O) groups excluding carboxylic acids is 1. The zero-order valence-electron chi connectivity index (χ0n) is 14.6. The highest BCUT2D eigenvalue weighted by atomic mass is 35.5. The third kappa shape index (κ3) is 4.40. The van der Waals surface area contributed by atoms with Crippen LogP contribution in [0.4, 0.5) is 0 Å². The van der Waals surface area contributed by atoms with Crippen LogP contribution in [0.5, 0.6) is 0 Å². The molecule has 0 saturated carbocycles. The number of hydrogen-bond donors (Lipinski definition) is 1. The Bertz CT molecular complexity index is 1010. The van der Waals surface area contributed by atoms with Gasteiger partial charge in [0, 0.05) is 17.1 Å². The first-order chi connectivity index (χ1) is 12.9. The van der Waals surface area contributed by atoms with Crippen molar-refractivity contribution in [3.63, 3.8) is 0 Å². The summed E-state index contributed by atoms with van der Waals surface area (Å²) in [7, 11) is -3.79. The summed E-state index contributed by atoms with van der Waals surface area (Å²) in [5.74, 6) is -0.0907. The van der Waals surface area contributed by atoms with E-state index in [0.29, 0.717) is 10.6 Å². The largest absolute Gasteiger partial charge is 0.468 e. The maximum Gasteiger partial charge on any atom is 0.251 e. The molecule has 0 spiro atoms. The minimum Gasteiger partial charge on any atom is -0.468 e. The van der Waals surface area contributed by atoms with E-state index in [1.165, 1.54) is 30.5 Å². The number of benzene rings is 2. The lowest BCUT2D eigenvalue weighted by Gasteiger charge is -2.17. The third-order valence-corrected chi connectivity index (χ3v) is 6.47. The molecule has 0 unspecified atom stereocenters. The quantitative estimate of drug-likeness (QED) is 0.669. The number of hydrogen-bond acceptors (Lipinski definition) is 4. The first-order valence-corrected chi connectivity index (χ1v) is 10.2. The van der Waals surface area contributed by atoms with Crippen LogP contribution in [0, 0.1) is 6.92 Å². The molecule has 0 saturated heterocycles. The fourth-order valence-electron chi connectivity index (χ4n) is 2.62. The molecule has 7 heteroatoms. The number of carbonyl (C=O) groups is 1. The molecule has 3 rings (SSSR count). The lowest BCUT2D eigenvalue weighted by atomic mass is 10.1. The highest BCUT2D eigenvalue weighted by molar-refractivity contribution is 7.91. The van der Waals surface area contributed by atoms with Crippen molar-refractivity contribution in [1.29, 1.82) is 0 Å². The van der Waals surface area contributed by atoms with Crippen molar-refractivity contribution in [2.75, 3.05) is 6.54 Å². The lowest BCUT2D eigenvalue weighted by molar-refractivity contribution is 0.0953. The van der Waals surface area contributed by atoms with E-state index in [1.807, 2.05) is 19.1 Å². The summed E-state index contributed by atoms with van der Waals surface area (Å²) in [6, 6.07) is 16.1. The molecule has 140 valence electrons. The van der Waals surface area contributed by atoms with Gasteiger partial charge in [-0.05, 0) is 55.5 Å². The van der Waals surface area contributed by atoms with Gasteiger partial charge in [-0.15, -0.1) is 0 Å². The Morgan fingerprint density at radius 2 is 1.74 bits per heavy atom. The number of furan rings is 1. The Morgan fingerprint density at radius 1 is 1.07 bits per heavy atom. The molecule has 1 heterocycles. The Balaban J connectivity index is 1.85. The van der Waals surface area contributed by atoms with Crippen LogP contribution in [0.25, 0.3) is 0 Å². The molecule has 0 radical (unpaired) electrons. The van der Waals surface area contributed by atoms with Gasteiger partial charge in [-0.2, -0.15) is 0 Å². The van der Waals surface area contributed by atoms with E-state index in [0.717, 1.165) is 5.56 Å². The molecule has 0 aliphatic carbocycles. The number of aryl methyl sites for hydroxylation is 1. The minimum atomic E-state index is -3.79. The summed E-state index contributed by atoms with van der Waals surface area (Å²) < 4.78 is 31.5. The van der Waals surface area contributed by atoms with Crippen molar-refractivity contribution < 1.29 is 17.6 Å². The van der Waals surface area contributed by atoms with Gasteiger partial charge in [0.15, 0.2) is 9.84 Å². The molecule has 5 nitrogen and oxygen atoms in total. The SMILES string of the molecule is Cc1ccc(C(=O)NC[C@@H](c2ccco2)S(=O)(=O)c2ccc(Cl)cc2)cc1. The fourth-order valence-corrected chi connectivity index (χ4v) is 4.33. The van der Waals surface area contributed by atoms with Crippen LogP contribution in [0.3, 0.4) is 0 Å². The lowest BCUT2D eigenvalue weighted by Crippen LogP contribution is -2.31. The van der Waals surface area contributed by atoms with E-state index >= 15 is 0 Å². The standard InChI is InChI=1S/C20H18ClNO4S/c1-14-4-6-15(7-5-14)20(23)22-13-19(18-3-2-12-26-18)27(24,25)17-10-8-16(21)9-11-17/h2-12,19H,13H2,1H3,(H,22,23)/t19-/m0/s1. The topological polar surface area (TPSA) is 76.4 Å². The molecular formula is C20H18ClNO4S. The molecule has 1 N–H and O–H groups in total. The van der Waals surface area contributed by atoms with Gasteiger partial charge in [0.05, 0.1) is 11.2 Å². The molecule has 2 aromatic carbocycles. The zero-order valence-corrected chi connectivity index (χ0v) is 16.1. The van der Waals surface area contributed by atoms with Crippen molar-refractivity contribution in [1.82, 2.24) is 5.32 Å². The van der Waals surface area contributed by atoms with Crippen LogP contribution in [0.2, 0.25) is 5.02 Å². The van der Waals surface area contributed by atoms with Crippen LogP contribution in [-0.2, 0) is 9.84 Å². The molecule has 1 atom stereocenters. The summed E-state index contributed by atoms with van der Waals surface area (Å²) in [4.78, 5) is 12.5. The Labute approximate surface area is 162 Å². The second-order valence-electron chi connectivity index (χ2n) is 6.08. The van der Waals surface area contributed by atoms with E-state index in [1.54, 1.807) is 24.3 Å². The summed E-state index contributed by atoms with van der Waals surface area (Å²) >= 11 is 5.85. The predicted molar refractivity (Wildman–Crippen MR) is 104 cm³/mol. The third-order valence-electron chi connectivity index (χ3n) is 4.14. The zero-order chi connectivity index (χ0) is 19.4. The van der Waals surface area contributed by atoms with Crippen molar-refractivity contribution in [3.05, 3.63) is 88.8 Å². The monoisotopic (exact) mass is 403 g/mol. The van der Waals surface area contributed by atoms with Gasteiger partial charge in [0.25, 0.3) is 5.91 Å². The van der Waals surface area contributed by atoms with E-state index in [4.69, 9.17) is 16.0 Å². The molecule has 1 amide bonds. The van der Waals surface area contributed by atoms with Gasteiger partial charge in [-0.3, -0.25) is 4.79 Å². The molecule has 0 bridgehead atoms. The molecule has 0 aliphatic heterocycles. The van der Waals surface area contributed by atoms with Crippen LogP contribution in [0.15, 0.2) is 76.2 Å². The van der Waals surface area contributed by atoms with Crippen LogP contribution in [-0.4, -0.2) is 20.9 Å². The number of amides is 1. The fraction of sp³-hybridized carbons (Fsp3) is 0.150. The van der Waals surface area contributed by atoms with Crippen molar-refractivity contribution in [2.24, 2.45) is 0 Å². The van der Waals surface area contributed by atoms with E-state index in [-0.39, 0.29) is 23.1 Å². The summed E-state index contributed by atoms with van der Waals surface area (Å²) in [6.07, 6.45) is 1.40. The number of halogens is 1. The first kappa shape index (κ1) is 19.2. The molecule has 3 aromatic rings. The minimum absolute atomic E-state index is 0.109. The average Bonchev–Trinajstić information content (AvgIpc) is 3.16. The maximum atomic E-state index is 13.1. The smallest absolute Gasteiger partial charge is 0.251 e. The van der Waals surface area contributed by atoms with E-state index in [9.17, 15) is 13.2 Å². The van der Waals surface area contributed by atoms with Gasteiger partial charge in [0.2, 0.25) is 0 Å². The summed E-state index contributed by atoms with van der Waals surface area (Å²) in [6.45, 7) is 1.80. The summed E-state index contributed by atoms with van der Waals surface area (Å²) in [5, 5.41) is 2.08. The number of rotatable bonds is 6. The second-order valence-corrected chi connectivity index (χ2v) is 8.65. The molecule has 27 heavy (non-hydrogen) atoms. The second kappa shape index (κ2) is 7.98. The first-order valence-electron chi connectivity index (χ1n) is 8.25. The van der Waals surface area contributed by atoms with Gasteiger partial charge in [-0.25, -0.2) is 8.42 Å². The van der Waals surface area contributed by atoms with Crippen LogP contribution >= 0.6 is 11.6 Å². The van der Waals surface area contributed by atoms with Crippen LogP contribution in [0.1, 0.15) is 26.9 Å². The van der Waals surface area contributed by atoms with Gasteiger partial charge >= 0.3 is 0 Å². The molecular weight excluding hydrogens is 386 g/mol. The average molecular weight is 404 g/mol. The van der Waals surface area contributed by atoms with E-state index < -0.39 is 15.1 Å². The Kier molecular flexibility index (Phi) is 5.68. The molecule has 0 fully saturated rings. The number of nitrogens with one attached hydrogen (secondary N) is 1. The summed E-state index contributed by atoms with van der Waals surface area (Å²) in [5.41, 5.74) is 1.49.